The average Bonchev–Trinajstić information content (AvgIpc) is 3.65. The lowest BCUT2D eigenvalue weighted by atomic mass is 9.88. The van der Waals surface area contributed by atoms with E-state index in [0.29, 0.717) is 12.8 Å². The second kappa shape index (κ2) is 43.1. The molecule has 24 heteroatoms. The first-order valence-electron chi connectivity index (χ1n) is 31.1. The molecule has 2 amide bonds. The van der Waals surface area contributed by atoms with Crippen LogP contribution < -0.4 is 16.8 Å². The first kappa shape index (κ1) is 76.5. The van der Waals surface area contributed by atoms with Crippen LogP contribution >= 0.6 is 0 Å². The number of aliphatic hydroxyl groups is 11. The van der Waals surface area contributed by atoms with Crippen LogP contribution in [0.15, 0.2) is 12.2 Å². The molecule has 24 nitrogen and oxygen atoms in total. The molecule has 83 heavy (non-hydrogen) atoms. The van der Waals surface area contributed by atoms with E-state index >= 15 is 0 Å². The third-order valence-electron chi connectivity index (χ3n) is 16.0. The molecule has 0 radical (unpaired) electrons. The number of aliphatic carboxylic acids is 1. The fraction of sp³-hybridized carbons (Fsp3) is 0.915. The fourth-order valence-electron chi connectivity index (χ4n) is 10.9. The summed E-state index contributed by atoms with van der Waals surface area (Å²) in [6.45, 7) is 2.10. The van der Waals surface area contributed by atoms with Crippen LogP contribution in [0.2, 0.25) is 0 Å². The number of unbranched alkanes of at least 4 members (excludes halogenated alkanes) is 25. The van der Waals surface area contributed by atoms with E-state index in [1.807, 2.05) is 6.08 Å². The SMILES string of the molecule is CCCCCCCCCCCCCC=CC(O)C(COC1OC(CO)C(OC2OC(CO)C(O)C(OC3(C(=O)O)CC(O)C(NC(C)=O)C(C(O)C(O)CO)O3)C2O)C(O)C1O)NC(=O)CCCCCCCCCCCCCCCCC.N. The fourth-order valence-corrected chi connectivity index (χ4v) is 10.9. The van der Waals surface area contributed by atoms with Crippen LogP contribution in [0, 0.1) is 0 Å². The number of ether oxygens (including phenoxy) is 6. The number of carbonyl (C=O) groups is 3. The predicted molar refractivity (Wildman–Crippen MR) is 307 cm³/mol. The number of nitrogens with one attached hydrogen (secondary N) is 2. The Morgan fingerprint density at radius 3 is 1.61 bits per heavy atom. The summed E-state index contributed by atoms with van der Waals surface area (Å²) in [6, 6.07) is -2.61. The zero-order valence-electron chi connectivity index (χ0n) is 50.1. The van der Waals surface area contributed by atoms with E-state index in [0.717, 1.165) is 51.9 Å². The van der Waals surface area contributed by atoms with Gasteiger partial charge in [0.2, 0.25) is 11.8 Å². The molecule has 488 valence electrons. The van der Waals surface area contributed by atoms with Crippen LogP contribution in [0.5, 0.6) is 0 Å². The smallest absolute Gasteiger partial charge is 0.364 e. The molecular weight excluding hydrogens is 1090 g/mol. The van der Waals surface area contributed by atoms with Gasteiger partial charge in [-0.25, -0.2) is 4.79 Å². The van der Waals surface area contributed by atoms with Crippen LogP contribution in [0.3, 0.4) is 0 Å². The minimum Gasteiger partial charge on any atom is -0.477 e. The number of carbonyl (C=O) groups excluding carboxylic acids is 2. The molecule has 3 fully saturated rings. The van der Waals surface area contributed by atoms with Gasteiger partial charge in [0, 0.05) is 19.8 Å². The Kier molecular flexibility index (Phi) is 39.8. The van der Waals surface area contributed by atoms with E-state index < -0.39 is 155 Å². The number of amides is 2. The number of carboxylic acids is 1. The summed E-state index contributed by atoms with van der Waals surface area (Å²) in [5.41, 5.74) is 0. The summed E-state index contributed by atoms with van der Waals surface area (Å²) >= 11 is 0. The van der Waals surface area contributed by atoms with Gasteiger partial charge in [0.1, 0.15) is 67.1 Å². The van der Waals surface area contributed by atoms with E-state index in [4.69, 9.17) is 28.4 Å². The first-order chi connectivity index (χ1) is 39.4. The molecule has 3 aliphatic rings. The van der Waals surface area contributed by atoms with E-state index in [9.17, 15) is 75.7 Å². The molecule has 0 aromatic heterocycles. The van der Waals surface area contributed by atoms with Gasteiger partial charge in [0.05, 0.1) is 50.7 Å². The molecule has 18 atom stereocenters. The van der Waals surface area contributed by atoms with Gasteiger partial charge in [-0.2, -0.15) is 0 Å². The molecule has 3 saturated heterocycles. The summed E-state index contributed by atoms with van der Waals surface area (Å²) in [4.78, 5) is 38.4. The second-order valence-corrected chi connectivity index (χ2v) is 22.9. The Morgan fingerprint density at radius 2 is 1.13 bits per heavy atom. The molecule has 0 bridgehead atoms. The first-order valence-corrected chi connectivity index (χ1v) is 31.1. The summed E-state index contributed by atoms with van der Waals surface area (Å²) < 4.78 is 34.7. The molecule has 3 heterocycles. The largest absolute Gasteiger partial charge is 0.477 e. The highest BCUT2D eigenvalue weighted by atomic mass is 16.8. The molecule has 3 rings (SSSR count). The van der Waals surface area contributed by atoms with Gasteiger partial charge >= 0.3 is 5.97 Å². The predicted octanol–water partition coefficient (Wildman–Crippen LogP) is 3.33. The minimum atomic E-state index is -3.08. The molecular formula is C59H111N3O21. The monoisotopic (exact) mass is 1200 g/mol. The number of rotatable bonds is 45. The average molecular weight is 1200 g/mol. The van der Waals surface area contributed by atoms with Crippen molar-refractivity contribution >= 4 is 17.8 Å². The highest BCUT2D eigenvalue weighted by Gasteiger charge is 2.60. The Balaban J connectivity index is 0.0000235. The van der Waals surface area contributed by atoms with Crippen molar-refractivity contribution in [1.82, 2.24) is 16.8 Å². The zero-order valence-corrected chi connectivity index (χ0v) is 50.1. The summed E-state index contributed by atoms with van der Waals surface area (Å²) in [6.07, 6.45) is 5.61. The van der Waals surface area contributed by atoms with Gasteiger partial charge < -0.3 is 106 Å². The molecule has 0 aromatic carbocycles. The summed E-state index contributed by atoms with van der Waals surface area (Å²) in [7, 11) is 0. The number of allylic oxidation sites excluding steroid dienone is 1. The maximum Gasteiger partial charge on any atom is 0.364 e. The lowest BCUT2D eigenvalue weighted by molar-refractivity contribution is -0.386. The molecule has 18 unspecified atom stereocenters. The highest BCUT2D eigenvalue weighted by Crippen LogP contribution is 2.38. The van der Waals surface area contributed by atoms with Crippen molar-refractivity contribution < 1.29 is 104 Å². The maximum absolute atomic E-state index is 13.4. The van der Waals surface area contributed by atoms with Crippen LogP contribution in [0.25, 0.3) is 0 Å². The van der Waals surface area contributed by atoms with Crippen molar-refractivity contribution in [2.24, 2.45) is 0 Å². The Labute approximate surface area is 492 Å². The maximum atomic E-state index is 13.4. The number of carboxylic acid groups (broad SMARTS) is 1. The minimum absolute atomic E-state index is 0. The van der Waals surface area contributed by atoms with Gasteiger partial charge in [-0.05, 0) is 19.3 Å². The molecule has 0 aliphatic carbocycles. The Hall–Kier alpha value is -2.57. The van der Waals surface area contributed by atoms with Crippen LogP contribution in [0.1, 0.15) is 207 Å². The van der Waals surface area contributed by atoms with E-state index in [1.165, 1.54) is 116 Å². The third kappa shape index (κ3) is 26.7. The lowest BCUT2D eigenvalue weighted by Gasteiger charge is -2.50. The van der Waals surface area contributed by atoms with Crippen molar-refractivity contribution in [3.8, 4) is 0 Å². The second-order valence-electron chi connectivity index (χ2n) is 22.9. The van der Waals surface area contributed by atoms with Crippen molar-refractivity contribution in [2.45, 2.75) is 317 Å². The number of hydrogen-bond acceptors (Lipinski definition) is 21. The van der Waals surface area contributed by atoms with Crippen LogP contribution in [-0.4, -0.2) is 215 Å². The highest BCUT2D eigenvalue weighted by molar-refractivity contribution is 5.77. The molecule has 0 saturated carbocycles. The molecule has 0 aromatic rings. The van der Waals surface area contributed by atoms with Crippen LogP contribution in [-0.2, 0) is 42.8 Å². The standard InChI is InChI=1S/C59H108N2O21.H3N/c1-4-6-8-10-12-14-16-18-19-21-23-25-27-29-31-33-46(69)61-40(41(66)32-30-28-26-24-22-20-17-15-13-11-9-7-5-2)38-77-56-51(73)50(72)53(45(37-64)79-56)80-57-52(74)55(49(71)44(36-63)78-57)82-59(58(75)76)34-42(67)47(60-39(3)65)54(81-59)48(70)43(68)35-62;/h30,32,40-45,47-57,62-64,66-68,70-74H,4-29,31,33-38H2,1-3H3,(H,60,65)(H,61,69)(H,75,76);1H3. The Bertz CT molecular complexity index is 1740. The van der Waals surface area contributed by atoms with Crippen molar-refractivity contribution in [2.75, 3.05) is 26.4 Å². The van der Waals surface area contributed by atoms with Crippen LogP contribution in [0.4, 0.5) is 0 Å². The quantitative estimate of drug-likeness (QED) is 0.0307. The van der Waals surface area contributed by atoms with Gasteiger partial charge in [-0.1, -0.05) is 180 Å². The van der Waals surface area contributed by atoms with E-state index in [1.54, 1.807) is 6.08 Å². The summed E-state index contributed by atoms with van der Waals surface area (Å²) in [5.74, 6) is -6.14. The number of hydrogen-bond donors (Lipinski definition) is 15. The van der Waals surface area contributed by atoms with E-state index in [2.05, 4.69) is 24.5 Å². The van der Waals surface area contributed by atoms with Gasteiger partial charge in [-0.3, -0.25) is 9.59 Å². The molecule has 0 spiro atoms. The van der Waals surface area contributed by atoms with Gasteiger partial charge in [0.25, 0.3) is 5.79 Å². The van der Waals surface area contributed by atoms with Gasteiger partial charge in [-0.15, -0.1) is 0 Å². The third-order valence-corrected chi connectivity index (χ3v) is 16.0. The Morgan fingerprint density at radius 1 is 0.639 bits per heavy atom. The number of aliphatic hydroxyl groups excluding tert-OH is 11. The van der Waals surface area contributed by atoms with E-state index in [-0.39, 0.29) is 18.5 Å². The van der Waals surface area contributed by atoms with Crippen molar-refractivity contribution in [1.29, 1.82) is 0 Å². The normalized spacial score (nSPS) is 29.9. The zero-order chi connectivity index (χ0) is 60.5. The van der Waals surface area contributed by atoms with Gasteiger partial charge in [0.15, 0.2) is 12.6 Å². The lowest BCUT2D eigenvalue weighted by Crippen LogP contribution is -2.70. The molecule has 3 aliphatic heterocycles. The molecule has 17 N–H and O–H groups in total. The summed E-state index contributed by atoms with van der Waals surface area (Å²) in [5, 5.41) is 135. The van der Waals surface area contributed by atoms with Crippen molar-refractivity contribution in [3.05, 3.63) is 12.2 Å². The van der Waals surface area contributed by atoms with Crippen molar-refractivity contribution in [3.63, 3.8) is 0 Å². The topological polar surface area (TPSA) is 408 Å².